The third-order valence-electron chi connectivity index (χ3n) is 10.6. The second-order valence-electron chi connectivity index (χ2n) is 15.0. The van der Waals surface area contributed by atoms with Gasteiger partial charge in [-0.3, -0.25) is 14.6 Å². The first-order valence-corrected chi connectivity index (χ1v) is 18.7. The van der Waals surface area contributed by atoms with E-state index in [1.165, 1.54) is 21.6 Å². The highest BCUT2D eigenvalue weighted by atomic mass is 16.5. The number of rotatable bonds is 20. The Morgan fingerprint density at radius 2 is 1.70 bits per heavy atom. The Morgan fingerprint density at radius 3 is 2.38 bits per heavy atom. The molecule has 2 fully saturated rings. The maximum Gasteiger partial charge on any atom is 0.241 e. The summed E-state index contributed by atoms with van der Waals surface area (Å²) in [5.74, 6) is 0.309. The standard InChI is InChI=1S/C41H56N4O8/c1-26(8-7-11-37(49)45(24-38(50)44(3)4)23-34(47)39(51)40(52)35(48)25-46)28-13-12-27(2)29(20-28)21-43-41(17-18-41)33-22-42-19-16-31(33)32-9-5-6-10-36(32)53-30-14-15-30/h5-6,9-10,12-13,16,19-20,22,26,30,34-35,39-40,43,46-48,51-52H,7-8,11,14-15,17-18,21,23-25H2,1-4H3/t26?,34-,35+,39+,40+/m0/s1. The van der Waals surface area contributed by atoms with Gasteiger partial charge in [-0.05, 0) is 91.3 Å². The molecule has 1 aromatic heterocycles. The second-order valence-corrected chi connectivity index (χ2v) is 15.0. The minimum atomic E-state index is -1.84. The lowest BCUT2D eigenvalue weighted by Crippen LogP contribution is -2.52. The van der Waals surface area contributed by atoms with Crippen LogP contribution in [0.3, 0.4) is 0 Å². The smallest absolute Gasteiger partial charge is 0.241 e. The van der Waals surface area contributed by atoms with Crippen LogP contribution in [0.2, 0.25) is 0 Å². The molecule has 2 aliphatic carbocycles. The lowest BCUT2D eigenvalue weighted by molar-refractivity contribution is -0.145. The average Bonchev–Trinajstić information content (AvgIpc) is 4.11. The number of aryl methyl sites for hydroxylation is 1. The number of hydrogen-bond acceptors (Lipinski definition) is 10. The number of aliphatic hydroxyl groups is 5. The molecule has 0 saturated heterocycles. The number of carbonyl (C=O) groups is 2. The predicted octanol–water partition coefficient (Wildman–Crippen LogP) is 3.00. The minimum absolute atomic E-state index is 0.112. The fraction of sp³-hybridized carbons (Fsp3) is 0.537. The average molecular weight is 733 g/mol. The maximum atomic E-state index is 13.3. The van der Waals surface area contributed by atoms with E-state index in [4.69, 9.17) is 9.84 Å². The molecular weight excluding hydrogens is 676 g/mol. The zero-order valence-electron chi connectivity index (χ0n) is 31.3. The van der Waals surface area contributed by atoms with E-state index in [0.29, 0.717) is 25.5 Å². The Kier molecular flexibility index (Phi) is 13.6. The predicted molar refractivity (Wildman–Crippen MR) is 201 cm³/mol. The fourth-order valence-electron chi connectivity index (χ4n) is 6.63. The Balaban J connectivity index is 1.20. The molecule has 288 valence electrons. The Bertz CT molecular complexity index is 1690. The molecule has 5 rings (SSSR count). The summed E-state index contributed by atoms with van der Waals surface area (Å²) < 4.78 is 6.28. The first-order valence-electron chi connectivity index (χ1n) is 18.7. The van der Waals surface area contributed by atoms with Crippen molar-refractivity contribution in [1.82, 2.24) is 20.1 Å². The number of benzene rings is 2. The molecule has 3 aromatic rings. The molecule has 2 aromatic carbocycles. The molecule has 2 aliphatic rings. The molecule has 12 heteroatoms. The largest absolute Gasteiger partial charge is 0.490 e. The van der Waals surface area contributed by atoms with Crippen LogP contribution in [-0.4, -0.2) is 116 Å². The van der Waals surface area contributed by atoms with Crippen LogP contribution >= 0.6 is 0 Å². The molecule has 5 atom stereocenters. The minimum Gasteiger partial charge on any atom is -0.490 e. The van der Waals surface area contributed by atoms with Crippen molar-refractivity contribution in [3.8, 4) is 16.9 Å². The van der Waals surface area contributed by atoms with Gasteiger partial charge in [-0.25, -0.2) is 0 Å². The summed E-state index contributed by atoms with van der Waals surface area (Å²) >= 11 is 0. The van der Waals surface area contributed by atoms with Gasteiger partial charge in [0.15, 0.2) is 0 Å². The summed E-state index contributed by atoms with van der Waals surface area (Å²) in [4.78, 5) is 32.8. The van der Waals surface area contributed by atoms with Crippen molar-refractivity contribution < 1.29 is 39.9 Å². The van der Waals surface area contributed by atoms with E-state index in [-0.39, 0.29) is 36.2 Å². The van der Waals surface area contributed by atoms with Crippen LogP contribution in [0, 0.1) is 6.92 Å². The molecule has 2 saturated carbocycles. The normalized spacial score (nSPS) is 17.7. The van der Waals surface area contributed by atoms with Gasteiger partial charge in [0, 0.05) is 57.1 Å². The summed E-state index contributed by atoms with van der Waals surface area (Å²) in [5.41, 5.74) is 6.79. The van der Waals surface area contributed by atoms with Crippen molar-refractivity contribution in [2.24, 2.45) is 0 Å². The van der Waals surface area contributed by atoms with E-state index in [9.17, 15) is 30.0 Å². The van der Waals surface area contributed by atoms with E-state index in [0.717, 1.165) is 53.0 Å². The molecule has 0 bridgehead atoms. The van der Waals surface area contributed by atoms with E-state index in [1.807, 2.05) is 18.5 Å². The summed E-state index contributed by atoms with van der Waals surface area (Å²) in [6.45, 7) is 3.36. The van der Waals surface area contributed by atoms with E-state index in [1.54, 1.807) is 14.1 Å². The van der Waals surface area contributed by atoms with Crippen molar-refractivity contribution in [1.29, 1.82) is 0 Å². The van der Waals surface area contributed by atoms with Crippen LogP contribution in [0.5, 0.6) is 5.75 Å². The van der Waals surface area contributed by atoms with Gasteiger partial charge < -0.3 is 45.4 Å². The summed E-state index contributed by atoms with van der Waals surface area (Å²) in [6.07, 6.45) is 2.70. The van der Waals surface area contributed by atoms with Gasteiger partial charge in [-0.2, -0.15) is 0 Å². The lowest BCUT2D eigenvalue weighted by atomic mass is 9.91. The number of carbonyl (C=O) groups excluding carboxylic acids is 2. The molecule has 2 amide bonds. The topological polar surface area (TPSA) is 176 Å². The summed E-state index contributed by atoms with van der Waals surface area (Å²) in [7, 11) is 3.10. The number of para-hydroxylation sites is 1. The van der Waals surface area contributed by atoms with Crippen molar-refractivity contribution >= 4 is 11.8 Å². The molecule has 12 nitrogen and oxygen atoms in total. The van der Waals surface area contributed by atoms with Crippen LogP contribution in [-0.2, 0) is 21.7 Å². The lowest BCUT2D eigenvalue weighted by Gasteiger charge is -2.31. The van der Waals surface area contributed by atoms with Gasteiger partial charge in [-0.15, -0.1) is 0 Å². The van der Waals surface area contributed by atoms with Gasteiger partial charge in [0.25, 0.3) is 0 Å². The highest BCUT2D eigenvalue weighted by Gasteiger charge is 2.46. The van der Waals surface area contributed by atoms with Crippen LogP contribution in [0.15, 0.2) is 60.9 Å². The van der Waals surface area contributed by atoms with E-state index >= 15 is 0 Å². The van der Waals surface area contributed by atoms with Crippen molar-refractivity contribution in [2.45, 2.75) is 107 Å². The number of likely N-dealkylation sites (N-methyl/N-ethyl adjacent to an activating group) is 1. The molecule has 1 heterocycles. The Hall–Kier alpha value is -3.91. The zero-order valence-corrected chi connectivity index (χ0v) is 31.3. The van der Waals surface area contributed by atoms with Gasteiger partial charge >= 0.3 is 0 Å². The van der Waals surface area contributed by atoms with Gasteiger partial charge in [0.2, 0.25) is 11.8 Å². The number of amides is 2. The third kappa shape index (κ3) is 10.4. The highest BCUT2D eigenvalue weighted by Crippen LogP contribution is 2.50. The van der Waals surface area contributed by atoms with Gasteiger partial charge in [-0.1, -0.05) is 43.3 Å². The number of nitrogens with one attached hydrogen (secondary N) is 1. The first kappa shape index (κ1) is 40.3. The van der Waals surface area contributed by atoms with Gasteiger partial charge in [0.1, 0.15) is 30.2 Å². The van der Waals surface area contributed by atoms with Crippen LogP contribution < -0.4 is 10.1 Å². The van der Waals surface area contributed by atoms with E-state index in [2.05, 4.69) is 66.6 Å². The number of aromatic nitrogens is 1. The monoisotopic (exact) mass is 732 g/mol. The summed E-state index contributed by atoms with van der Waals surface area (Å²) in [6, 6.07) is 16.8. The van der Waals surface area contributed by atoms with Crippen LogP contribution in [0.1, 0.15) is 80.0 Å². The molecule has 1 unspecified atom stereocenters. The number of aliphatic hydroxyl groups excluding tert-OH is 5. The van der Waals surface area contributed by atoms with Crippen LogP contribution in [0.25, 0.3) is 11.1 Å². The Morgan fingerprint density at radius 1 is 0.981 bits per heavy atom. The number of nitrogens with zero attached hydrogens (tertiary/aromatic N) is 3. The quantitative estimate of drug-likeness (QED) is 0.101. The van der Waals surface area contributed by atoms with Crippen molar-refractivity contribution in [3.63, 3.8) is 0 Å². The van der Waals surface area contributed by atoms with E-state index < -0.39 is 37.6 Å². The van der Waals surface area contributed by atoms with Crippen molar-refractivity contribution in [2.75, 3.05) is 33.8 Å². The fourth-order valence-corrected chi connectivity index (χ4v) is 6.63. The first-order chi connectivity index (χ1) is 25.3. The second kappa shape index (κ2) is 17.9. The molecular formula is C41H56N4O8. The molecule has 0 radical (unpaired) electrons. The van der Waals surface area contributed by atoms with Crippen molar-refractivity contribution in [3.05, 3.63) is 83.2 Å². The molecule has 0 aliphatic heterocycles. The molecule has 0 spiro atoms. The summed E-state index contributed by atoms with van der Waals surface area (Å²) in [5, 5.41) is 53.5. The third-order valence-corrected chi connectivity index (χ3v) is 10.6. The molecule has 6 N–H and O–H groups in total. The zero-order chi connectivity index (χ0) is 38.3. The molecule has 53 heavy (non-hydrogen) atoms. The number of pyridine rings is 1. The number of ether oxygens (including phenoxy) is 1. The number of hydrogen-bond donors (Lipinski definition) is 6. The SMILES string of the molecule is Cc1ccc(C(C)CCCC(=O)N(CC(=O)N(C)C)C[C@H](O)[C@@H](O)[C@H](O)[C@H](O)CO)cc1CNC1(c2cnccc2-c2ccccc2OC2CC2)CC1. The highest BCUT2D eigenvalue weighted by molar-refractivity contribution is 5.84. The maximum absolute atomic E-state index is 13.3. The Labute approximate surface area is 312 Å². The van der Waals surface area contributed by atoms with Crippen LogP contribution in [0.4, 0.5) is 0 Å². The van der Waals surface area contributed by atoms with Gasteiger partial charge in [0.05, 0.1) is 19.3 Å².